The summed E-state index contributed by atoms with van der Waals surface area (Å²) in [7, 11) is 1.69. The summed E-state index contributed by atoms with van der Waals surface area (Å²) in [6.07, 6.45) is 2.93. The molecule has 1 aromatic carbocycles. The first-order valence-electron chi connectivity index (χ1n) is 7.30. The Morgan fingerprint density at radius 2 is 2.05 bits per heavy atom. The number of carbonyl (C=O) groups excluding carboxylic acids is 1. The predicted molar refractivity (Wildman–Crippen MR) is 83.4 cm³/mol. The number of rotatable bonds is 9. The van der Waals surface area contributed by atoms with Gasteiger partial charge in [0.1, 0.15) is 0 Å². The van der Waals surface area contributed by atoms with Gasteiger partial charge in [-0.15, -0.1) is 0 Å². The second kappa shape index (κ2) is 9.37. The Morgan fingerprint density at radius 3 is 2.75 bits per heavy atom. The van der Waals surface area contributed by atoms with Gasteiger partial charge in [0, 0.05) is 32.5 Å². The molecule has 112 valence electrons. The fourth-order valence-electron chi connectivity index (χ4n) is 1.93. The molecule has 0 radical (unpaired) electrons. The fourth-order valence-corrected chi connectivity index (χ4v) is 1.93. The number of aryl methyl sites for hydroxylation is 1. The van der Waals surface area contributed by atoms with Gasteiger partial charge in [0.25, 0.3) is 5.91 Å². The summed E-state index contributed by atoms with van der Waals surface area (Å²) in [6.45, 7) is 6.44. The Balaban J connectivity index is 2.57. The van der Waals surface area contributed by atoms with E-state index in [1.54, 1.807) is 7.11 Å². The van der Waals surface area contributed by atoms with Crippen LogP contribution in [-0.4, -0.2) is 32.7 Å². The maximum absolute atomic E-state index is 12.2. The van der Waals surface area contributed by atoms with Crippen molar-refractivity contribution in [3.63, 3.8) is 0 Å². The molecule has 0 saturated carbocycles. The normalized spacial score (nSPS) is 10.3. The number of benzene rings is 1. The SMILES string of the molecule is CCCNc1cc(C)ccc1C(=O)NCCCCOC. The van der Waals surface area contributed by atoms with Crippen LogP contribution in [0.15, 0.2) is 18.2 Å². The number of carbonyl (C=O) groups is 1. The first kappa shape index (κ1) is 16.5. The van der Waals surface area contributed by atoms with Crippen LogP contribution in [0.25, 0.3) is 0 Å². The molecule has 1 amide bonds. The van der Waals surface area contributed by atoms with Gasteiger partial charge < -0.3 is 15.4 Å². The van der Waals surface area contributed by atoms with Crippen molar-refractivity contribution in [1.29, 1.82) is 0 Å². The van der Waals surface area contributed by atoms with Crippen LogP contribution in [0.3, 0.4) is 0 Å². The molecule has 0 aliphatic carbocycles. The molecule has 4 nitrogen and oxygen atoms in total. The van der Waals surface area contributed by atoms with E-state index in [2.05, 4.69) is 17.6 Å². The molecular formula is C16H26N2O2. The number of ether oxygens (including phenoxy) is 1. The number of unbranched alkanes of at least 4 members (excludes halogenated alkanes) is 1. The maximum Gasteiger partial charge on any atom is 0.253 e. The third kappa shape index (κ3) is 5.61. The summed E-state index contributed by atoms with van der Waals surface area (Å²) in [5, 5.41) is 6.27. The summed E-state index contributed by atoms with van der Waals surface area (Å²) in [5.41, 5.74) is 2.79. The van der Waals surface area contributed by atoms with E-state index in [-0.39, 0.29) is 5.91 Å². The molecule has 0 unspecified atom stereocenters. The van der Waals surface area contributed by atoms with Gasteiger partial charge in [-0.25, -0.2) is 0 Å². The smallest absolute Gasteiger partial charge is 0.253 e. The van der Waals surface area contributed by atoms with Crippen molar-refractivity contribution >= 4 is 11.6 Å². The van der Waals surface area contributed by atoms with Crippen molar-refractivity contribution in [3.8, 4) is 0 Å². The zero-order valence-corrected chi connectivity index (χ0v) is 12.8. The van der Waals surface area contributed by atoms with Crippen molar-refractivity contribution in [1.82, 2.24) is 5.32 Å². The predicted octanol–water partition coefficient (Wildman–Crippen LogP) is 2.97. The number of anilines is 1. The molecule has 2 N–H and O–H groups in total. The molecule has 0 atom stereocenters. The van der Waals surface area contributed by atoms with Crippen molar-refractivity contribution in [2.24, 2.45) is 0 Å². The third-order valence-corrected chi connectivity index (χ3v) is 3.05. The molecule has 20 heavy (non-hydrogen) atoms. The van der Waals surface area contributed by atoms with Crippen LogP contribution in [0.1, 0.15) is 42.1 Å². The van der Waals surface area contributed by atoms with E-state index in [9.17, 15) is 4.79 Å². The van der Waals surface area contributed by atoms with Crippen molar-refractivity contribution in [2.45, 2.75) is 33.1 Å². The highest BCUT2D eigenvalue weighted by atomic mass is 16.5. The van der Waals surface area contributed by atoms with Gasteiger partial charge in [0.05, 0.1) is 5.56 Å². The highest BCUT2D eigenvalue weighted by molar-refractivity contribution is 5.99. The quantitative estimate of drug-likeness (QED) is 0.683. The van der Waals surface area contributed by atoms with Gasteiger partial charge in [-0.1, -0.05) is 13.0 Å². The van der Waals surface area contributed by atoms with Crippen LogP contribution in [0, 0.1) is 6.92 Å². The highest BCUT2D eigenvalue weighted by Crippen LogP contribution is 2.17. The molecule has 0 aliphatic rings. The Morgan fingerprint density at radius 1 is 1.25 bits per heavy atom. The Kier molecular flexibility index (Phi) is 7.73. The van der Waals surface area contributed by atoms with Gasteiger partial charge in [-0.05, 0) is 43.9 Å². The van der Waals surface area contributed by atoms with Crippen LogP contribution in [0.5, 0.6) is 0 Å². The van der Waals surface area contributed by atoms with Crippen LogP contribution in [0.2, 0.25) is 0 Å². The molecule has 0 aromatic heterocycles. The van der Waals surface area contributed by atoms with Gasteiger partial charge in [-0.3, -0.25) is 4.79 Å². The highest BCUT2D eigenvalue weighted by Gasteiger charge is 2.10. The number of hydrogen-bond donors (Lipinski definition) is 2. The second-order valence-electron chi connectivity index (χ2n) is 4.93. The molecule has 4 heteroatoms. The van der Waals surface area contributed by atoms with E-state index in [0.717, 1.165) is 49.2 Å². The molecule has 0 spiro atoms. The Bertz CT molecular complexity index is 419. The van der Waals surface area contributed by atoms with E-state index < -0.39 is 0 Å². The summed E-state index contributed by atoms with van der Waals surface area (Å²) < 4.78 is 4.99. The van der Waals surface area contributed by atoms with E-state index in [0.29, 0.717) is 6.54 Å². The molecule has 1 rings (SSSR count). The standard InChI is InChI=1S/C16H26N2O2/c1-4-9-17-15-12-13(2)7-8-14(15)16(19)18-10-5-6-11-20-3/h7-8,12,17H,4-6,9-11H2,1-3H3,(H,18,19). The summed E-state index contributed by atoms with van der Waals surface area (Å²) in [6, 6.07) is 5.88. The number of methoxy groups -OCH3 is 1. The largest absolute Gasteiger partial charge is 0.385 e. The van der Waals surface area contributed by atoms with Gasteiger partial charge in [0.15, 0.2) is 0 Å². The Hall–Kier alpha value is -1.55. The van der Waals surface area contributed by atoms with Gasteiger partial charge in [0.2, 0.25) is 0 Å². The average molecular weight is 278 g/mol. The van der Waals surface area contributed by atoms with E-state index >= 15 is 0 Å². The zero-order chi connectivity index (χ0) is 14.8. The summed E-state index contributed by atoms with van der Waals surface area (Å²) in [4.78, 5) is 12.2. The average Bonchev–Trinajstić information content (AvgIpc) is 2.44. The second-order valence-corrected chi connectivity index (χ2v) is 4.93. The lowest BCUT2D eigenvalue weighted by atomic mass is 10.1. The fraction of sp³-hybridized carbons (Fsp3) is 0.562. The lowest BCUT2D eigenvalue weighted by molar-refractivity contribution is 0.0952. The number of amides is 1. The molecular weight excluding hydrogens is 252 g/mol. The van der Waals surface area contributed by atoms with E-state index in [1.807, 2.05) is 25.1 Å². The zero-order valence-electron chi connectivity index (χ0n) is 12.8. The van der Waals surface area contributed by atoms with Crippen LogP contribution in [-0.2, 0) is 4.74 Å². The summed E-state index contributed by atoms with van der Waals surface area (Å²) in [5.74, 6) is -0.0129. The minimum absolute atomic E-state index is 0.0129. The van der Waals surface area contributed by atoms with Crippen molar-refractivity contribution < 1.29 is 9.53 Å². The molecule has 0 heterocycles. The first-order valence-corrected chi connectivity index (χ1v) is 7.30. The monoisotopic (exact) mass is 278 g/mol. The van der Waals surface area contributed by atoms with Gasteiger partial charge >= 0.3 is 0 Å². The number of hydrogen-bond acceptors (Lipinski definition) is 3. The third-order valence-electron chi connectivity index (χ3n) is 3.05. The van der Waals surface area contributed by atoms with E-state index in [4.69, 9.17) is 4.74 Å². The molecule has 0 saturated heterocycles. The molecule has 1 aromatic rings. The lowest BCUT2D eigenvalue weighted by Gasteiger charge is -2.12. The van der Waals surface area contributed by atoms with Gasteiger partial charge in [-0.2, -0.15) is 0 Å². The van der Waals surface area contributed by atoms with Crippen LogP contribution in [0.4, 0.5) is 5.69 Å². The topological polar surface area (TPSA) is 50.4 Å². The maximum atomic E-state index is 12.2. The molecule has 0 aliphatic heterocycles. The minimum Gasteiger partial charge on any atom is -0.385 e. The molecule has 0 bridgehead atoms. The van der Waals surface area contributed by atoms with Crippen LogP contribution < -0.4 is 10.6 Å². The summed E-state index contributed by atoms with van der Waals surface area (Å²) >= 11 is 0. The lowest BCUT2D eigenvalue weighted by Crippen LogP contribution is -2.25. The van der Waals surface area contributed by atoms with Crippen molar-refractivity contribution in [2.75, 3.05) is 32.1 Å². The first-order chi connectivity index (χ1) is 9.69. The van der Waals surface area contributed by atoms with Crippen LogP contribution >= 0.6 is 0 Å². The molecule has 0 fully saturated rings. The number of nitrogens with one attached hydrogen (secondary N) is 2. The minimum atomic E-state index is -0.0129. The van der Waals surface area contributed by atoms with E-state index in [1.165, 1.54) is 0 Å². The Labute approximate surface area is 121 Å². The van der Waals surface area contributed by atoms with Crippen molar-refractivity contribution in [3.05, 3.63) is 29.3 Å².